The van der Waals surface area contributed by atoms with E-state index in [1.165, 1.54) is 11.1 Å². The van der Waals surface area contributed by atoms with E-state index in [0.29, 0.717) is 5.88 Å². The zero-order chi connectivity index (χ0) is 10.1. The van der Waals surface area contributed by atoms with Crippen molar-refractivity contribution in [3.05, 3.63) is 35.4 Å². The van der Waals surface area contributed by atoms with E-state index in [1.807, 2.05) is 0 Å². The van der Waals surface area contributed by atoms with E-state index in [0.717, 1.165) is 6.42 Å². The number of rotatable bonds is 2. The molecule has 1 rings (SSSR count). The first-order valence-electron chi connectivity index (χ1n) is 3.91. The average molecular weight is 199 g/mol. The molecule has 0 unspecified atom stereocenters. The van der Waals surface area contributed by atoms with E-state index in [1.54, 1.807) is 0 Å². The van der Waals surface area contributed by atoms with Gasteiger partial charge in [0.25, 0.3) is 0 Å². The van der Waals surface area contributed by atoms with Crippen LogP contribution in [0, 0.1) is 0 Å². The highest BCUT2D eigenvalue weighted by molar-refractivity contribution is 6.17. The summed E-state index contributed by atoms with van der Waals surface area (Å²) in [6.07, 6.45) is 1.35. The van der Waals surface area contributed by atoms with E-state index in [4.69, 9.17) is 21.2 Å². The van der Waals surface area contributed by atoms with Crippen LogP contribution in [0.15, 0.2) is 24.3 Å². The summed E-state index contributed by atoms with van der Waals surface area (Å²) in [4.78, 5) is 16.2. The quantitative estimate of drug-likeness (QED) is 0.684. The molecule has 0 fully saturated rings. The van der Waals surface area contributed by atoms with Gasteiger partial charge < -0.3 is 0 Å². The molecule has 0 heterocycles. The van der Waals surface area contributed by atoms with Crippen molar-refractivity contribution < 1.29 is 9.59 Å². The predicted octanol–water partition coefficient (Wildman–Crippen LogP) is 2.40. The second kappa shape index (κ2) is 7.53. The smallest absolute Gasteiger partial charge is 0.186 e. The second-order valence-electron chi connectivity index (χ2n) is 2.39. The number of halogens is 1. The van der Waals surface area contributed by atoms with Crippen LogP contribution in [0.3, 0.4) is 0 Å². The zero-order valence-electron chi connectivity index (χ0n) is 7.42. The molecule has 0 N–H and O–H groups in total. The fourth-order valence-electron chi connectivity index (χ4n) is 0.864. The SMILES string of the molecule is CCc1ccc(CCl)cc1.O=C=O. The van der Waals surface area contributed by atoms with Gasteiger partial charge in [0.1, 0.15) is 0 Å². The number of aryl methyl sites for hydroxylation is 1. The Kier molecular flexibility index (Phi) is 6.89. The molecule has 0 bridgehead atoms. The minimum absolute atomic E-state index is 0.250. The third kappa shape index (κ3) is 5.18. The Morgan fingerprint density at radius 3 is 1.85 bits per heavy atom. The molecule has 0 aliphatic carbocycles. The first-order valence-corrected chi connectivity index (χ1v) is 4.45. The summed E-state index contributed by atoms with van der Waals surface area (Å²) in [6, 6.07) is 8.40. The average Bonchev–Trinajstić information content (AvgIpc) is 2.19. The maximum absolute atomic E-state index is 8.12. The maximum Gasteiger partial charge on any atom is 0.373 e. The normalized spacial score (nSPS) is 8.15. The molecule has 1 aromatic carbocycles. The molecule has 0 saturated heterocycles. The number of benzene rings is 1. The predicted molar refractivity (Wildman–Crippen MR) is 50.4 cm³/mol. The summed E-state index contributed by atoms with van der Waals surface area (Å²) < 4.78 is 0. The highest BCUT2D eigenvalue weighted by atomic mass is 35.5. The van der Waals surface area contributed by atoms with Gasteiger partial charge in [-0.1, -0.05) is 31.2 Å². The minimum atomic E-state index is 0.250. The molecule has 0 amide bonds. The molecule has 3 heteroatoms. The van der Waals surface area contributed by atoms with Crippen LogP contribution in [0.2, 0.25) is 0 Å². The molecule has 0 spiro atoms. The lowest BCUT2D eigenvalue weighted by Gasteiger charge is -1.96. The lowest BCUT2D eigenvalue weighted by atomic mass is 10.1. The van der Waals surface area contributed by atoms with Crippen molar-refractivity contribution in [2.45, 2.75) is 19.2 Å². The van der Waals surface area contributed by atoms with Crippen LogP contribution in [0.5, 0.6) is 0 Å². The van der Waals surface area contributed by atoms with Crippen LogP contribution < -0.4 is 0 Å². The standard InChI is InChI=1S/C9H11Cl.CO2/c1-2-8-3-5-9(7-10)6-4-8;2-1-3/h3-6H,2,7H2,1H3;. The first kappa shape index (κ1) is 11.9. The molecule has 13 heavy (non-hydrogen) atoms. The fourth-order valence-corrected chi connectivity index (χ4v) is 1.04. The van der Waals surface area contributed by atoms with Crippen LogP contribution >= 0.6 is 11.6 Å². The number of hydrogen-bond donors (Lipinski definition) is 0. The van der Waals surface area contributed by atoms with Crippen molar-refractivity contribution in [2.75, 3.05) is 0 Å². The maximum atomic E-state index is 8.12. The molecule has 0 saturated carbocycles. The third-order valence-electron chi connectivity index (χ3n) is 1.59. The molecule has 1 aromatic rings. The Balaban J connectivity index is 0.000000424. The second-order valence-corrected chi connectivity index (χ2v) is 2.65. The molecule has 70 valence electrons. The summed E-state index contributed by atoms with van der Waals surface area (Å²) >= 11 is 5.62. The lowest BCUT2D eigenvalue weighted by Crippen LogP contribution is -1.80. The van der Waals surface area contributed by atoms with E-state index in [-0.39, 0.29) is 6.15 Å². The van der Waals surface area contributed by atoms with Crippen molar-refractivity contribution >= 4 is 17.8 Å². The van der Waals surface area contributed by atoms with Crippen LogP contribution in [0.25, 0.3) is 0 Å². The topological polar surface area (TPSA) is 34.1 Å². The van der Waals surface area contributed by atoms with Crippen molar-refractivity contribution in [2.24, 2.45) is 0 Å². The lowest BCUT2D eigenvalue weighted by molar-refractivity contribution is -0.191. The summed E-state index contributed by atoms with van der Waals surface area (Å²) in [7, 11) is 0. The first-order chi connectivity index (χ1) is 6.28. The van der Waals surface area contributed by atoms with E-state index >= 15 is 0 Å². The van der Waals surface area contributed by atoms with Gasteiger partial charge in [-0.25, -0.2) is 0 Å². The Labute approximate surface area is 82.5 Å². The van der Waals surface area contributed by atoms with Gasteiger partial charge in [-0.3, -0.25) is 0 Å². The Morgan fingerprint density at radius 2 is 1.54 bits per heavy atom. The Morgan fingerprint density at radius 1 is 1.15 bits per heavy atom. The fraction of sp³-hybridized carbons (Fsp3) is 0.300. The largest absolute Gasteiger partial charge is 0.373 e. The molecule has 0 aliphatic rings. The van der Waals surface area contributed by atoms with Gasteiger partial charge in [0.2, 0.25) is 0 Å². The van der Waals surface area contributed by atoms with Gasteiger partial charge in [0, 0.05) is 5.88 Å². The van der Waals surface area contributed by atoms with Crippen LogP contribution in [-0.4, -0.2) is 6.15 Å². The van der Waals surface area contributed by atoms with Crippen LogP contribution in [-0.2, 0) is 21.9 Å². The Bertz CT molecular complexity index is 238. The van der Waals surface area contributed by atoms with Crippen molar-refractivity contribution in [3.63, 3.8) is 0 Å². The molecular formula is C10H11ClO2. The van der Waals surface area contributed by atoms with Crippen molar-refractivity contribution in [1.82, 2.24) is 0 Å². The zero-order valence-corrected chi connectivity index (χ0v) is 8.17. The van der Waals surface area contributed by atoms with Crippen molar-refractivity contribution in [1.29, 1.82) is 0 Å². The van der Waals surface area contributed by atoms with Gasteiger partial charge >= 0.3 is 6.15 Å². The van der Waals surface area contributed by atoms with Crippen molar-refractivity contribution in [3.8, 4) is 0 Å². The monoisotopic (exact) mass is 198 g/mol. The third-order valence-corrected chi connectivity index (χ3v) is 1.89. The number of alkyl halides is 1. The molecule has 0 atom stereocenters. The minimum Gasteiger partial charge on any atom is -0.186 e. The van der Waals surface area contributed by atoms with Crippen LogP contribution in [0.1, 0.15) is 18.1 Å². The number of carbonyl (C=O) groups excluding carboxylic acids is 2. The molecular weight excluding hydrogens is 188 g/mol. The molecule has 0 radical (unpaired) electrons. The van der Waals surface area contributed by atoms with Gasteiger partial charge in [0.15, 0.2) is 0 Å². The summed E-state index contributed by atoms with van der Waals surface area (Å²) in [6.45, 7) is 2.15. The molecule has 2 nitrogen and oxygen atoms in total. The van der Waals surface area contributed by atoms with E-state index < -0.39 is 0 Å². The highest BCUT2D eigenvalue weighted by Gasteiger charge is 1.89. The summed E-state index contributed by atoms with van der Waals surface area (Å²) in [5.74, 6) is 0.615. The summed E-state index contributed by atoms with van der Waals surface area (Å²) in [5, 5.41) is 0. The van der Waals surface area contributed by atoms with Gasteiger partial charge in [-0.15, -0.1) is 11.6 Å². The van der Waals surface area contributed by atoms with Gasteiger partial charge in [-0.05, 0) is 17.5 Å². The molecule has 0 aromatic heterocycles. The van der Waals surface area contributed by atoms with E-state index in [9.17, 15) is 0 Å². The highest BCUT2D eigenvalue weighted by Crippen LogP contribution is 2.06. The summed E-state index contributed by atoms with van der Waals surface area (Å²) in [5.41, 5.74) is 2.56. The van der Waals surface area contributed by atoms with Gasteiger partial charge in [-0.2, -0.15) is 9.59 Å². The Hall–Kier alpha value is -1.11. The van der Waals surface area contributed by atoms with Gasteiger partial charge in [0.05, 0.1) is 0 Å². The van der Waals surface area contributed by atoms with E-state index in [2.05, 4.69) is 31.2 Å². The van der Waals surface area contributed by atoms with Crippen LogP contribution in [0.4, 0.5) is 0 Å². The number of hydrogen-bond acceptors (Lipinski definition) is 2. The molecule has 0 aliphatic heterocycles.